The third kappa shape index (κ3) is 2.39. The van der Waals surface area contributed by atoms with Gasteiger partial charge in [-0.15, -0.1) is 11.6 Å². The number of alkyl halides is 3. The van der Waals surface area contributed by atoms with Gasteiger partial charge in [0.1, 0.15) is 0 Å². The highest BCUT2D eigenvalue weighted by atomic mass is 35.5. The highest BCUT2D eigenvalue weighted by Crippen LogP contribution is 2.21. The van der Waals surface area contributed by atoms with Crippen molar-refractivity contribution in [3.8, 4) is 6.07 Å². The molecule has 14 heavy (non-hydrogen) atoms. The number of hydrogen-bond donors (Lipinski definition) is 0. The molecule has 0 saturated carbocycles. The zero-order chi connectivity index (χ0) is 10.6. The Morgan fingerprint density at radius 1 is 1.57 bits per heavy atom. The van der Waals surface area contributed by atoms with Gasteiger partial charge in [0.2, 0.25) is 0 Å². The second-order valence-corrected chi connectivity index (χ2v) is 2.91. The second kappa shape index (κ2) is 4.87. The molecule has 2 nitrogen and oxygen atoms in total. The molecule has 0 radical (unpaired) electrons. The molecular weight excluding hydrogens is 210 g/mol. The van der Waals surface area contributed by atoms with Crippen molar-refractivity contribution in [3.63, 3.8) is 0 Å². The second-order valence-electron chi connectivity index (χ2n) is 2.64. The van der Waals surface area contributed by atoms with Crippen LogP contribution < -0.4 is 0 Å². The van der Waals surface area contributed by atoms with Gasteiger partial charge in [-0.2, -0.15) is 5.26 Å². The maximum Gasteiger partial charge on any atom is 0.265 e. The fourth-order valence-electron chi connectivity index (χ4n) is 1.03. The van der Waals surface area contributed by atoms with Crippen LogP contribution in [0.3, 0.4) is 0 Å². The molecule has 1 rings (SSSR count). The van der Waals surface area contributed by atoms with Crippen LogP contribution in [0.15, 0.2) is 12.3 Å². The van der Waals surface area contributed by atoms with Gasteiger partial charge in [-0.3, -0.25) is 4.98 Å². The predicted molar refractivity (Wildman–Crippen MR) is 48.1 cm³/mol. The fourth-order valence-corrected chi connectivity index (χ4v) is 1.26. The lowest BCUT2D eigenvalue weighted by molar-refractivity contribution is 0.151. The summed E-state index contributed by atoms with van der Waals surface area (Å²) in [7, 11) is 0. The minimum absolute atomic E-state index is 0.0879. The number of rotatable bonds is 3. The monoisotopic (exact) mass is 216 g/mol. The van der Waals surface area contributed by atoms with Crippen molar-refractivity contribution in [2.24, 2.45) is 0 Å². The Morgan fingerprint density at radius 2 is 2.29 bits per heavy atom. The average Bonchev–Trinajstić information content (AvgIpc) is 2.18. The predicted octanol–water partition coefficient (Wildman–Crippen LogP) is 2.82. The number of aromatic nitrogens is 1. The Bertz CT molecular complexity index is 360. The number of hydrogen-bond acceptors (Lipinski definition) is 2. The quantitative estimate of drug-likeness (QED) is 0.729. The molecule has 0 saturated heterocycles. The molecule has 0 aromatic carbocycles. The highest BCUT2D eigenvalue weighted by molar-refractivity contribution is 6.17. The summed E-state index contributed by atoms with van der Waals surface area (Å²) in [5.41, 5.74) is 0.792. The van der Waals surface area contributed by atoms with Crippen LogP contribution >= 0.6 is 11.6 Å². The summed E-state index contributed by atoms with van der Waals surface area (Å²) < 4.78 is 24.5. The van der Waals surface area contributed by atoms with E-state index in [9.17, 15) is 8.78 Å². The summed E-state index contributed by atoms with van der Waals surface area (Å²) in [4.78, 5) is 3.77. The lowest BCUT2D eigenvalue weighted by Crippen LogP contribution is -1.98. The topological polar surface area (TPSA) is 36.7 Å². The van der Waals surface area contributed by atoms with E-state index >= 15 is 0 Å². The largest absolute Gasteiger partial charge is 0.265 e. The van der Waals surface area contributed by atoms with E-state index < -0.39 is 6.43 Å². The van der Waals surface area contributed by atoms with Gasteiger partial charge in [-0.25, -0.2) is 8.78 Å². The molecule has 0 aliphatic carbocycles. The summed E-state index contributed by atoms with van der Waals surface area (Å²) in [6.07, 6.45) is -1.39. The van der Waals surface area contributed by atoms with Crippen LogP contribution in [0.4, 0.5) is 8.78 Å². The van der Waals surface area contributed by atoms with E-state index in [1.807, 2.05) is 6.07 Å². The summed E-state index contributed by atoms with van der Waals surface area (Å²) >= 11 is 5.55. The summed E-state index contributed by atoms with van der Waals surface area (Å²) in [6.45, 7) is 0. The van der Waals surface area contributed by atoms with Crippen LogP contribution in [0, 0.1) is 11.3 Å². The van der Waals surface area contributed by atoms with Crippen molar-refractivity contribution in [2.75, 3.05) is 0 Å². The molecule has 1 aromatic heterocycles. The van der Waals surface area contributed by atoms with Crippen molar-refractivity contribution in [2.45, 2.75) is 18.7 Å². The Kier molecular flexibility index (Phi) is 3.78. The van der Waals surface area contributed by atoms with Gasteiger partial charge in [-0.1, -0.05) is 0 Å². The minimum atomic E-state index is -2.55. The van der Waals surface area contributed by atoms with Gasteiger partial charge < -0.3 is 0 Å². The van der Waals surface area contributed by atoms with Crippen molar-refractivity contribution in [1.29, 1.82) is 5.26 Å². The van der Waals surface area contributed by atoms with Gasteiger partial charge in [0.05, 0.1) is 18.2 Å². The molecule has 0 N–H and O–H groups in total. The first-order chi connectivity index (χ1) is 6.69. The molecule has 5 heteroatoms. The van der Waals surface area contributed by atoms with Crippen molar-refractivity contribution < 1.29 is 8.78 Å². The van der Waals surface area contributed by atoms with E-state index in [2.05, 4.69) is 4.98 Å². The van der Waals surface area contributed by atoms with Crippen LogP contribution in [-0.4, -0.2) is 4.98 Å². The summed E-state index contributed by atoms with van der Waals surface area (Å²) in [6, 6.07) is 3.19. The third-order valence-corrected chi connectivity index (χ3v) is 2.01. The van der Waals surface area contributed by atoms with E-state index in [0.717, 1.165) is 6.20 Å². The molecule has 0 amide bonds. The molecular formula is C9H7ClF2N2. The van der Waals surface area contributed by atoms with Gasteiger partial charge in [0, 0.05) is 17.6 Å². The summed E-state index contributed by atoms with van der Waals surface area (Å²) in [5, 5.41) is 8.44. The van der Waals surface area contributed by atoms with Gasteiger partial charge >= 0.3 is 0 Å². The van der Waals surface area contributed by atoms with Crippen molar-refractivity contribution in [3.05, 3.63) is 29.1 Å². The van der Waals surface area contributed by atoms with E-state index in [4.69, 9.17) is 16.9 Å². The zero-order valence-electron chi connectivity index (χ0n) is 7.17. The van der Waals surface area contributed by atoms with Crippen LogP contribution in [-0.2, 0) is 12.3 Å². The highest BCUT2D eigenvalue weighted by Gasteiger charge is 2.11. The molecule has 0 bridgehead atoms. The third-order valence-electron chi connectivity index (χ3n) is 1.72. The molecule has 0 unspecified atom stereocenters. The molecule has 0 aliphatic heterocycles. The Hall–Kier alpha value is -1.21. The molecule has 1 heterocycles. The molecule has 0 spiro atoms. The first-order valence-corrected chi connectivity index (χ1v) is 4.41. The normalized spacial score (nSPS) is 10.2. The number of pyridine rings is 1. The number of halogens is 3. The van der Waals surface area contributed by atoms with Gasteiger partial charge in [-0.05, 0) is 11.6 Å². The van der Waals surface area contributed by atoms with Crippen molar-refractivity contribution in [1.82, 2.24) is 4.98 Å². The summed E-state index contributed by atoms with van der Waals surface area (Å²) in [5.74, 6) is 0.0879. The maximum atomic E-state index is 12.3. The van der Waals surface area contributed by atoms with Gasteiger partial charge in [0.15, 0.2) is 0 Å². The first-order valence-electron chi connectivity index (χ1n) is 3.87. The van der Waals surface area contributed by atoms with Crippen LogP contribution in [0.5, 0.6) is 0 Å². The maximum absolute atomic E-state index is 12.3. The minimum Gasteiger partial charge on any atom is -0.259 e. The van der Waals surface area contributed by atoms with Crippen LogP contribution in [0.2, 0.25) is 0 Å². The number of nitrogens with zero attached hydrogens (tertiary/aromatic N) is 2. The van der Waals surface area contributed by atoms with E-state index in [0.29, 0.717) is 11.3 Å². The van der Waals surface area contributed by atoms with E-state index in [-0.39, 0.29) is 17.9 Å². The van der Waals surface area contributed by atoms with Gasteiger partial charge in [0.25, 0.3) is 6.43 Å². The molecule has 0 fully saturated rings. The van der Waals surface area contributed by atoms with E-state index in [1.165, 1.54) is 6.07 Å². The first kappa shape index (κ1) is 10.9. The smallest absolute Gasteiger partial charge is 0.259 e. The zero-order valence-corrected chi connectivity index (χ0v) is 7.93. The SMILES string of the molecule is N#CCc1ncc(C(F)F)cc1CCl. The van der Waals surface area contributed by atoms with Crippen LogP contribution in [0.1, 0.15) is 23.2 Å². The Labute approximate surface area is 85.1 Å². The Balaban J connectivity index is 3.06. The molecule has 0 aliphatic rings. The molecule has 0 atom stereocenters. The standard InChI is InChI=1S/C9H7ClF2N2/c10-4-6-3-7(9(11)12)5-14-8(6)1-2-13/h3,5,9H,1,4H2. The molecule has 74 valence electrons. The molecule has 1 aromatic rings. The lowest BCUT2D eigenvalue weighted by atomic mass is 10.1. The van der Waals surface area contributed by atoms with E-state index in [1.54, 1.807) is 0 Å². The Morgan fingerprint density at radius 3 is 2.79 bits per heavy atom. The van der Waals surface area contributed by atoms with Crippen molar-refractivity contribution >= 4 is 11.6 Å². The average molecular weight is 217 g/mol. The fraction of sp³-hybridized carbons (Fsp3) is 0.333. The lowest BCUT2D eigenvalue weighted by Gasteiger charge is -2.05. The van der Waals surface area contributed by atoms with Crippen LogP contribution in [0.25, 0.3) is 0 Å². The number of nitriles is 1.